The second kappa shape index (κ2) is 10.4. The van der Waals surface area contributed by atoms with Gasteiger partial charge in [0.25, 0.3) is 0 Å². The van der Waals surface area contributed by atoms with Gasteiger partial charge >= 0.3 is 65.4 Å². The summed E-state index contributed by atoms with van der Waals surface area (Å²) in [6.07, 6.45) is -11.1. The molecule has 23 heteroatoms. The molecule has 0 aliphatic carbocycles. The molecule has 0 bridgehead atoms. The van der Waals surface area contributed by atoms with Gasteiger partial charge in [0.2, 0.25) is 0 Å². The summed E-state index contributed by atoms with van der Waals surface area (Å²) in [4.78, 5) is 11.3. The monoisotopic (exact) mass is 648 g/mol. The number of hydrogen-bond acceptors (Lipinski definition) is 2. The lowest BCUT2D eigenvalue weighted by molar-refractivity contribution is -0.474. The van der Waals surface area contributed by atoms with E-state index in [-0.39, 0.29) is 6.42 Å². The van der Waals surface area contributed by atoms with Crippen molar-refractivity contribution in [2.24, 2.45) is 5.92 Å². The van der Waals surface area contributed by atoms with Crippen molar-refractivity contribution in [3.05, 3.63) is 0 Å². The Kier molecular flexibility index (Phi) is 9.85. The third kappa shape index (κ3) is 5.21. The Bertz CT molecular complexity index is 903. The van der Waals surface area contributed by atoms with Crippen molar-refractivity contribution in [2.75, 3.05) is 6.61 Å². The summed E-state index contributed by atoms with van der Waals surface area (Å²) >= 11 is 0. The molecule has 1 atom stereocenters. The van der Waals surface area contributed by atoms with E-state index in [1.54, 1.807) is 0 Å². The quantitative estimate of drug-likeness (QED) is 0.149. The average molecular weight is 648 g/mol. The number of rotatable bonds is 13. The van der Waals surface area contributed by atoms with Gasteiger partial charge < -0.3 is 4.74 Å². The molecule has 0 amide bonds. The van der Waals surface area contributed by atoms with Gasteiger partial charge in [0.05, 0.1) is 18.9 Å². The fourth-order valence-electron chi connectivity index (χ4n) is 2.34. The number of carbonyl (C=O) groups excluding carboxylic acids is 1. The standard InChI is InChI=1S/C17H13F21O2/c1-3-6(2)7(39)40-5-4-8(18,19)9(20,21)10(22,23)11(24,25)12(26,27)13(28,29)14(30,31)15(32,33)16(34,35)17(36,37)38/h6H,3-5H2,1-2H3. The van der Waals surface area contributed by atoms with Gasteiger partial charge in [0.1, 0.15) is 0 Å². The van der Waals surface area contributed by atoms with Gasteiger partial charge in [-0.3, -0.25) is 4.79 Å². The molecule has 0 N–H and O–H groups in total. The van der Waals surface area contributed by atoms with Crippen LogP contribution in [0.5, 0.6) is 0 Å². The highest BCUT2D eigenvalue weighted by molar-refractivity contribution is 5.71. The lowest BCUT2D eigenvalue weighted by Crippen LogP contribution is -2.76. The van der Waals surface area contributed by atoms with Gasteiger partial charge in [-0.25, -0.2) is 0 Å². The first-order valence-corrected chi connectivity index (χ1v) is 9.75. The summed E-state index contributed by atoms with van der Waals surface area (Å²) in [5.41, 5.74) is 0. The van der Waals surface area contributed by atoms with Crippen LogP contribution in [-0.4, -0.2) is 72.1 Å². The van der Waals surface area contributed by atoms with Crippen molar-refractivity contribution in [3.8, 4) is 0 Å². The topological polar surface area (TPSA) is 26.3 Å². The van der Waals surface area contributed by atoms with Gasteiger partial charge in [-0.15, -0.1) is 0 Å². The molecule has 0 aromatic heterocycles. The minimum absolute atomic E-state index is 0.114. The number of alkyl halides is 21. The summed E-state index contributed by atoms with van der Waals surface area (Å²) in [5, 5.41) is 0. The van der Waals surface area contributed by atoms with Crippen LogP contribution in [0.1, 0.15) is 26.7 Å². The summed E-state index contributed by atoms with van der Waals surface area (Å²) in [6, 6.07) is 0. The molecular weight excluding hydrogens is 635 g/mol. The fourth-order valence-corrected chi connectivity index (χ4v) is 2.34. The van der Waals surface area contributed by atoms with Crippen LogP contribution < -0.4 is 0 Å². The maximum absolute atomic E-state index is 13.7. The molecule has 240 valence electrons. The zero-order chi connectivity index (χ0) is 33.0. The van der Waals surface area contributed by atoms with Gasteiger partial charge in [-0.2, -0.15) is 92.2 Å². The first kappa shape index (κ1) is 38.0. The van der Waals surface area contributed by atoms with E-state index >= 15 is 0 Å². The molecular formula is C17H13F21O2. The van der Waals surface area contributed by atoms with E-state index in [2.05, 4.69) is 4.74 Å². The van der Waals surface area contributed by atoms with E-state index in [1.165, 1.54) is 6.92 Å². The molecule has 1 unspecified atom stereocenters. The number of carbonyl (C=O) groups is 1. The Morgan fingerprint density at radius 2 is 0.800 bits per heavy atom. The van der Waals surface area contributed by atoms with Crippen LogP contribution in [0.3, 0.4) is 0 Å². The Labute approximate surface area is 207 Å². The van der Waals surface area contributed by atoms with Crippen molar-refractivity contribution >= 4 is 5.97 Å². The molecule has 0 aromatic rings. The van der Waals surface area contributed by atoms with E-state index in [0.29, 0.717) is 0 Å². The van der Waals surface area contributed by atoms with E-state index in [1.807, 2.05) is 0 Å². The predicted octanol–water partition coefficient (Wildman–Crippen LogP) is 8.25. The third-order valence-corrected chi connectivity index (χ3v) is 5.25. The van der Waals surface area contributed by atoms with E-state index in [9.17, 15) is 97.0 Å². The molecule has 2 nitrogen and oxygen atoms in total. The number of hydrogen-bond donors (Lipinski definition) is 0. The van der Waals surface area contributed by atoms with Gasteiger partial charge in [-0.1, -0.05) is 13.8 Å². The molecule has 0 saturated heterocycles. The minimum Gasteiger partial charge on any atom is -0.465 e. The molecule has 0 saturated carbocycles. The van der Waals surface area contributed by atoms with Crippen molar-refractivity contribution in [3.63, 3.8) is 0 Å². The second-order valence-electron chi connectivity index (χ2n) is 8.02. The van der Waals surface area contributed by atoms with Crippen LogP contribution in [0, 0.1) is 5.92 Å². The Morgan fingerprint density at radius 1 is 0.525 bits per heavy atom. The average Bonchev–Trinajstić information content (AvgIpc) is 2.76. The summed E-state index contributed by atoms with van der Waals surface area (Å²) in [7, 11) is 0. The highest BCUT2D eigenvalue weighted by atomic mass is 19.4. The van der Waals surface area contributed by atoms with E-state index in [4.69, 9.17) is 0 Å². The Hall–Kier alpha value is -2.00. The molecule has 0 radical (unpaired) electrons. The fraction of sp³-hybridized carbons (Fsp3) is 0.941. The molecule has 40 heavy (non-hydrogen) atoms. The highest BCUT2D eigenvalue weighted by Gasteiger charge is 2.97. The molecule has 0 spiro atoms. The van der Waals surface area contributed by atoms with Crippen LogP contribution in [0.25, 0.3) is 0 Å². The van der Waals surface area contributed by atoms with Gasteiger partial charge in [0, 0.05) is 0 Å². The van der Waals surface area contributed by atoms with Crippen LogP contribution in [-0.2, 0) is 9.53 Å². The molecule has 0 rings (SSSR count). The summed E-state index contributed by atoms with van der Waals surface area (Å²) in [5.74, 6) is -80.0. The molecule has 0 aromatic carbocycles. The summed E-state index contributed by atoms with van der Waals surface area (Å²) in [6.45, 7) is 0.212. The van der Waals surface area contributed by atoms with Crippen LogP contribution in [0.15, 0.2) is 0 Å². The zero-order valence-electron chi connectivity index (χ0n) is 19.0. The maximum atomic E-state index is 13.7. The Balaban J connectivity index is 6.70. The van der Waals surface area contributed by atoms with Gasteiger partial charge in [-0.05, 0) is 6.42 Å². The lowest BCUT2D eigenvalue weighted by Gasteiger charge is -2.44. The molecule has 0 fully saturated rings. The highest BCUT2D eigenvalue weighted by Crippen LogP contribution is 2.66. The largest absolute Gasteiger partial charge is 0.465 e. The van der Waals surface area contributed by atoms with E-state index < -0.39 is 84.4 Å². The number of halogens is 21. The van der Waals surface area contributed by atoms with E-state index in [0.717, 1.165) is 6.92 Å². The smallest absolute Gasteiger partial charge is 0.460 e. The van der Waals surface area contributed by atoms with Crippen molar-refractivity contribution in [1.82, 2.24) is 0 Å². The van der Waals surface area contributed by atoms with Crippen molar-refractivity contribution in [2.45, 2.75) is 86.2 Å². The number of esters is 1. The van der Waals surface area contributed by atoms with Crippen molar-refractivity contribution in [1.29, 1.82) is 0 Å². The predicted molar refractivity (Wildman–Crippen MR) is 85.6 cm³/mol. The van der Waals surface area contributed by atoms with Crippen LogP contribution in [0.2, 0.25) is 0 Å². The SMILES string of the molecule is CCC(C)C(=O)OCCC(F)(F)C(F)(F)C(F)(F)C(F)(F)C(F)(F)C(F)(F)C(F)(F)C(F)(F)C(F)(F)C(F)(F)F. The van der Waals surface area contributed by atoms with Crippen LogP contribution in [0.4, 0.5) is 92.2 Å². The minimum atomic E-state index is -9.21. The molecule has 0 aliphatic rings. The van der Waals surface area contributed by atoms with Gasteiger partial charge in [0.15, 0.2) is 0 Å². The normalized spacial score (nSPS) is 16.7. The third-order valence-electron chi connectivity index (χ3n) is 5.25. The molecule has 0 aliphatic heterocycles. The Morgan fingerprint density at radius 3 is 1.07 bits per heavy atom. The maximum Gasteiger partial charge on any atom is 0.460 e. The van der Waals surface area contributed by atoms with Crippen molar-refractivity contribution < 1.29 is 102 Å². The molecule has 0 heterocycles. The lowest BCUT2D eigenvalue weighted by atomic mass is 9.86. The summed E-state index contributed by atoms with van der Waals surface area (Å²) < 4.78 is 282. The second-order valence-corrected chi connectivity index (χ2v) is 8.02. The first-order valence-electron chi connectivity index (χ1n) is 9.75. The van der Waals surface area contributed by atoms with Crippen LogP contribution >= 0.6 is 0 Å². The zero-order valence-corrected chi connectivity index (χ0v) is 19.0. The number of ether oxygens (including phenoxy) is 1. The first-order chi connectivity index (χ1) is 17.1.